The van der Waals surface area contributed by atoms with Gasteiger partial charge in [0.05, 0.1) is 17.2 Å². The van der Waals surface area contributed by atoms with Gasteiger partial charge < -0.3 is 4.74 Å². The van der Waals surface area contributed by atoms with E-state index in [1.165, 1.54) is 6.07 Å². The molecule has 0 radical (unpaired) electrons. The minimum absolute atomic E-state index is 0.0618. The first-order chi connectivity index (χ1) is 12.2. The number of fused-ring (bicyclic) bond motifs is 1. The van der Waals surface area contributed by atoms with Crippen molar-refractivity contribution < 1.29 is 31.5 Å². The van der Waals surface area contributed by atoms with Gasteiger partial charge in [-0.05, 0) is 23.9 Å². The maximum Gasteiger partial charge on any atom is 0.446 e. The molecule has 1 heterocycles. The fourth-order valence-electron chi connectivity index (χ4n) is 2.45. The molecule has 0 saturated carbocycles. The monoisotopic (exact) mass is 386 g/mol. The van der Waals surface area contributed by atoms with Crippen LogP contribution in [0.25, 0.3) is 0 Å². The second-order valence-electron chi connectivity index (χ2n) is 5.24. The Labute approximate surface area is 147 Å². The summed E-state index contributed by atoms with van der Waals surface area (Å²) < 4.78 is 70.7. The molecule has 1 atom stereocenters. The Balaban J connectivity index is 2.02. The summed E-state index contributed by atoms with van der Waals surface area (Å²) in [6.07, 6.45) is -1.86. The molecule has 0 bridgehead atoms. The molecule has 0 N–H and O–H groups in total. The Bertz CT molecular complexity index is 928. The summed E-state index contributed by atoms with van der Waals surface area (Å²) >= 11 is -0.577. The van der Waals surface area contributed by atoms with Gasteiger partial charge in [0.2, 0.25) is 5.78 Å². The molecule has 1 aliphatic heterocycles. The maximum atomic E-state index is 14.0. The predicted octanol–water partition coefficient (Wildman–Crippen LogP) is 4.19. The van der Waals surface area contributed by atoms with Crippen molar-refractivity contribution in [2.75, 3.05) is 0 Å². The highest BCUT2D eigenvalue weighted by molar-refractivity contribution is 8.04. The van der Waals surface area contributed by atoms with Crippen LogP contribution in [-0.2, 0) is 4.79 Å². The van der Waals surface area contributed by atoms with Gasteiger partial charge in [0.25, 0.3) is 0 Å². The third kappa shape index (κ3) is 3.62. The van der Waals surface area contributed by atoms with Gasteiger partial charge in [-0.15, -0.1) is 0 Å². The number of Topliss-reactive ketones (excluding diaryl/α,β-unsaturated/α-hetero) is 1. The van der Waals surface area contributed by atoms with Gasteiger partial charge >= 0.3 is 5.51 Å². The van der Waals surface area contributed by atoms with Crippen molar-refractivity contribution in [2.24, 2.45) is 4.99 Å². The number of hydrogen-bond acceptors (Lipinski definition) is 5. The molecule has 1 unspecified atom stereocenters. The Morgan fingerprint density at radius 3 is 2.69 bits per heavy atom. The lowest BCUT2D eigenvalue weighted by Crippen LogP contribution is -2.26. The van der Waals surface area contributed by atoms with E-state index in [1.54, 1.807) is 6.07 Å². The maximum absolute atomic E-state index is 14.0. The number of alkyl halides is 4. The van der Waals surface area contributed by atoms with E-state index in [2.05, 4.69) is 4.99 Å². The second kappa shape index (κ2) is 6.57. The normalized spacial score (nSPS) is 19.7. The van der Waals surface area contributed by atoms with E-state index in [4.69, 9.17) is 10.00 Å². The van der Waals surface area contributed by atoms with Crippen LogP contribution in [0.4, 0.5) is 22.0 Å². The summed E-state index contributed by atoms with van der Waals surface area (Å²) in [5, 5.41) is 8.83. The van der Waals surface area contributed by atoms with Gasteiger partial charge in [-0.2, -0.15) is 18.4 Å². The summed E-state index contributed by atoms with van der Waals surface area (Å²) in [6, 6.07) is 4.75. The van der Waals surface area contributed by atoms with Crippen molar-refractivity contribution in [3.05, 3.63) is 51.5 Å². The Morgan fingerprint density at radius 2 is 2.04 bits per heavy atom. The lowest BCUT2D eigenvalue weighted by atomic mass is 9.95. The topological polar surface area (TPSA) is 62.4 Å². The minimum Gasteiger partial charge on any atom is -0.459 e. The molecule has 1 aliphatic carbocycles. The first-order valence-electron chi connectivity index (χ1n) is 7.02. The van der Waals surface area contributed by atoms with Gasteiger partial charge in [0.15, 0.2) is 6.17 Å². The van der Waals surface area contributed by atoms with Gasteiger partial charge in [-0.3, -0.25) is 9.79 Å². The predicted molar refractivity (Wildman–Crippen MR) is 82.5 cm³/mol. The number of carbonyl (C=O) groups excluding carboxylic acids is 1. The van der Waals surface area contributed by atoms with Crippen LogP contribution < -0.4 is 4.74 Å². The van der Waals surface area contributed by atoms with Crippen molar-refractivity contribution in [1.29, 1.82) is 5.26 Å². The van der Waals surface area contributed by atoms with E-state index in [0.717, 1.165) is 18.3 Å². The summed E-state index contributed by atoms with van der Waals surface area (Å²) in [5.41, 5.74) is -5.48. The second-order valence-corrected chi connectivity index (χ2v) is 6.35. The van der Waals surface area contributed by atoms with Crippen molar-refractivity contribution in [2.45, 2.75) is 18.1 Å². The number of thioether (sulfide) groups is 1. The highest BCUT2D eigenvalue weighted by atomic mass is 32.2. The number of aliphatic imine (C=N–C) groups is 1. The summed E-state index contributed by atoms with van der Waals surface area (Å²) in [4.78, 5) is 15.2. The van der Waals surface area contributed by atoms with E-state index in [1.807, 2.05) is 0 Å². The Hall–Kier alpha value is -2.67. The SMILES string of the molecule is N#Cc1cc(F)cc(OC2=C3N=CC(SC(F)(F)F)=C3C(=O)C(F)C2)c1. The van der Waals surface area contributed by atoms with Crippen molar-refractivity contribution in [3.8, 4) is 11.8 Å². The number of allylic oxidation sites excluding steroid dienone is 3. The van der Waals surface area contributed by atoms with Crippen LogP contribution in [0.15, 0.2) is 45.1 Å². The van der Waals surface area contributed by atoms with Crippen LogP contribution in [-0.4, -0.2) is 23.7 Å². The molecule has 10 heteroatoms. The fraction of sp³-hybridized carbons (Fsp3) is 0.188. The van der Waals surface area contributed by atoms with E-state index < -0.39 is 51.9 Å². The molecule has 2 aliphatic rings. The first kappa shape index (κ1) is 18.1. The summed E-state index contributed by atoms with van der Waals surface area (Å²) in [5.74, 6) is -2.27. The van der Waals surface area contributed by atoms with Crippen molar-refractivity contribution in [3.63, 3.8) is 0 Å². The average Bonchev–Trinajstić information content (AvgIpc) is 2.94. The lowest BCUT2D eigenvalue weighted by Gasteiger charge is -2.21. The molecule has 0 amide bonds. The quantitative estimate of drug-likeness (QED) is 0.731. The lowest BCUT2D eigenvalue weighted by molar-refractivity contribution is -0.120. The van der Waals surface area contributed by atoms with Crippen LogP contribution >= 0.6 is 11.8 Å². The molecule has 0 fully saturated rings. The smallest absolute Gasteiger partial charge is 0.446 e. The van der Waals surface area contributed by atoms with E-state index in [9.17, 15) is 26.7 Å². The number of halogens is 5. The van der Waals surface area contributed by atoms with E-state index in [-0.39, 0.29) is 22.8 Å². The number of rotatable bonds is 3. The zero-order valence-electron chi connectivity index (χ0n) is 12.6. The number of ether oxygens (including phenoxy) is 1. The molecule has 0 spiro atoms. The highest BCUT2D eigenvalue weighted by Gasteiger charge is 2.41. The first-order valence-corrected chi connectivity index (χ1v) is 7.84. The molecule has 4 nitrogen and oxygen atoms in total. The Morgan fingerprint density at radius 1 is 1.31 bits per heavy atom. The molecular formula is C16H7F5N2O2S. The molecule has 0 aromatic heterocycles. The van der Waals surface area contributed by atoms with Crippen LogP contribution in [0, 0.1) is 17.1 Å². The zero-order chi connectivity index (χ0) is 19.1. The molecular weight excluding hydrogens is 379 g/mol. The third-order valence-electron chi connectivity index (χ3n) is 3.42. The van der Waals surface area contributed by atoms with Gasteiger partial charge in [0.1, 0.15) is 23.0 Å². The van der Waals surface area contributed by atoms with E-state index >= 15 is 0 Å². The highest BCUT2D eigenvalue weighted by Crippen LogP contribution is 2.44. The molecule has 1 aromatic carbocycles. The number of nitriles is 1. The van der Waals surface area contributed by atoms with Crippen molar-refractivity contribution >= 4 is 23.8 Å². The standard InChI is InChI=1S/C16H7F5N2O2S/c17-8-1-7(5-22)2-9(3-8)25-11-4-10(18)15(24)13-12(6-23-14(11)13)26-16(19,20)21/h1-3,6,10H,4H2. The molecule has 0 saturated heterocycles. The summed E-state index contributed by atoms with van der Waals surface area (Å²) in [6.45, 7) is 0. The molecule has 1 aromatic rings. The number of carbonyl (C=O) groups is 1. The van der Waals surface area contributed by atoms with Crippen LogP contribution in [0.3, 0.4) is 0 Å². The average molecular weight is 386 g/mol. The third-order valence-corrected chi connectivity index (χ3v) is 4.18. The van der Waals surface area contributed by atoms with Crippen LogP contribution in [0.1, 0.15) is 12.0 Å². The molecule has 134 valence electrons. The van der Waals surface area contributed by atoms with Crippen LogP contribution in [0.2, 0.25) is 0 Å². The zero-order valence-corrected chi connectivity index (χ0v) is 13.4. The number of nitrogens with zero attached hydrogens (tertiary/aromatic N) is 2. The molecule has 26 heavy (non-hydrogen) atoms. The van der Waals surface area contributed by atoms with Crippen molar-refractivity contribution in [1.82, 2.24) is 0 Å². The minimum atomic E-state index is -4.68. The van der Waals surface area contributed by atoms with Gasteiger partial charge in [-0.25, -0.2) is 8.78 Å². The molecule has 3 rings (SSSR count). The Kier molecular flexibility index (Phi) is 4.58. The largest absolute Gasteiger partial charge is 0.459 e. The van der Waals surface area contributed by atoms with Gasteiger partial charge in [0, 0.05) is 23.6 Å². The van der Waals surface area contributed by atoms with E-state index in [0.29, 0.717) is 0 Å². The number of benzene rings is 1. The fourth-order valence-corrected chi connectivity index (χ4v) is 3.10. The summed E-state index contributed by atoms with van der Waals surface area (Å²) in [7, 11) is 0. The number of ketones is 1. The number of hydrogen-bond donors (Lipinski definition) is 0. The van der Waals surface area contributed by atoms with Crippen LogP contribution in [0.5, 0.6) is 5.75 Å². The van der Waals surface area contributed by atoms with Gasteiger partial charge in [-0.1, -0.05) is 0 Å².